The Labute approximate surface area is 123 Å². The van der Waals surface area contributed by atoms with E-state index in [1.807, 2.05) is 24.4 Å². The Kier molecular flexibility index (Phi) is 5.17. The number of carbonyl (C=O) groups excluding carboxylic acids is 1. The summed E-state index contributed by atoms with van der Waals surface area (Å²) in [6.07, 6.45) is 3.20. The maximum Gasteiger partial charge on any atom is 0.307 e. The first-order chi connectivity index (χ1) is 9.63. The molecule has 1 amide bonds. The lowest BCUT2D eigenvalue weighted by atomic mass is 9.78. The number of hydrogen-bond acceptors (Lipinski definition) is 3. The van der Waals surface area contributed by atoms with E-state index in [9.17, 15) is 14.7 Å². The summed E-state index contributed by atoms with van der Waals surface area (Å²) in [6.45, 7) is 3.17. The fourth-order valence-electron chi connectivity index (χ4n) is 2.89. The van der Waals surface area contributed by atoms with E-state index in [1.165, 1.54) is 0 Å². The van der Waals surface area contributed by atoms with Crippen LogP contribution in [0.15, 0.2) is 17.5 Å². The van der Waals surface area contributed by atoms with Crippen LogP contribution in [0.1, 0.15) is 37.5 Å². The van der Waals surface area contributed by atoms with Gasteiger partial charge in [-0.05, 0) is 31.2 Å². The molecule has 110 valence electrons. The average molecular weight is 295 g/mol. The van der Waals surface area contributed by atoms with Gasteiger partial charge in [-0.25, -0.2) is 0 Å². The second-order valence-corrected chi connectivity index (χ2v) is 6.30. The molecule has 0 unspecified atom stereocenters. The molecule has 0 aromatic carbocycles. The van der Waals surface area contributed by atoms with Gasteiger partial charge in [-0.15, -0.1) is 11.3 Å². The SMILES string of the molecule is CCN(Cc1cccs1)C(=O)[C@@H]1CCCC[C@@H]1C(=O)O. The zero-order chi connectivity index (χ0) is 14.5. The van der Waals surface area contributed by atoms with Crippen LogP contribution in [-0.2, 0) is 16.1 Å². The highest BCUT2D eigenvalue weighted by Gasteiger charge is 2.37. The molecular formula is C15H21NO3S. The molecule has 1 saturated carbocycles. The molecule has 4 nitrogen and oxygen atoms in total. The quantitative estimate of drug-likeness (QED) is 0.908. The molecule has 5 heteroatoms. The van der Waals surface area contributed by atoms with Gasteiger partial charge in [0.05, 0.1) is 18.4 Å². The molecule has 0 spiro atoms. The minimum absolute atomic E-state index is 0.00741. The van der Waals surface area contributed by atoms with E-state index in [1.54, 1.807) is 16.2 Å². The van der Waals surface area contributed by atoms with Gasteiger partial charge in [0, 0.05) is 11.4 Å². The highest BCUT2D eigenvalue weighted by Crippen LogP contribution is 2.32. The third-order valence-corrected chi connectivity index (χ3v) is 4.88. The van der Waals surface area contributed by atoms with Gasteiger partial charge in [0.15, 0.2) is 0 Å². The maximum absolute atomic E-state index is 12.6. The van der Waals surface area contributed by atoms with Crippen LogP contribution in [0.5, 0.6) is 0 Å². The normalized spacial score (nSPS) is 22.4. The van der Waals surface area contributed by atoms with Crippen LogP contribution in [0.4, 0.5) is 0 Å². The Balaban J connectivity index is 2.08. The van der Waals surface area contributed by atoms with E-state index in [0.717, 1.165) is 17.7 Å². The lowest BCUT2D eigenvalue weighted by Crippen LogP contribution is -2.42. The lowest BCUT2D eigenvalue weighted by molar-refractivity contribution is -0.152. The summed E-state index contributed by atoms with van der Waals surface area (Å²) >= 11 is 1.63. The van der Waals surface area contributed by atoms with E-state index in [4.69, 9.17) is 0 Å². The van der Waals surface area contributed by atoms with Crippen LogP contribution in [0.2, 0.25) is 0 Å². The van der Waals surface area contributed by atoms with E-state index >= 15 is 0 Å². The van der Waals surface area contributed by atoms with Crippen molar-refractivity contribution in [3.05, 3.63) is 22.4 Å². The highest BCUT2D eigenvalue weighted by atomic mass is 32.1. The molecule has 2 atom stereocenters. The number of thiophene rings is 1. The van der Waals surface area contributed by atoms with Crippen LogP contribution >= 0.6 is 11.3 Å². The second kappa shape index (κ2) is 6.88. The first-order valence-electron chi connectivity index (χ1n) is 7.17. The van der Waals surface area contributed by atoms with Gasteiger partial charge < -0.3 is 10.0 Å². The predicted octanol–water partition coefficient (Wildman–Crippen LogP) is 2.99. The maximum atomic E-state index is 12.6. The topological polar surface area (TPSA) is 57.6 Å². The molecule has 1 heterocycles. The number of nitrogens with zero attached hydrogens (tertiary/aromatic N) is 1. The zero-order valence-corrected chi connectivity index (χ0v) is 12.6. The number of amides is 1. The molecule has 1 aliphatic rings. The summed E-state index contributed by atoms with van der Waals surface area (Å²) in [5, 5.41) is 11.3. The molecule has 0 bridgehead atoms. The second-order valence-electron chi connectivity index (χ2n) is 5.27. The Morgan fingerprint density at radius 3 is 2.60 bits per heavy atom. The molecule has 1 fully saturated rings. The van der Waals surface area contributed by atoms with Gasteiger partial charge in [0.25, 0.3) is 0 Å². The molecule has 0 aliphatic heterocycles. The van der Waals surface area contributed by atoms with Crippen molar-refractivity contribution >= 4 is 23.2 Å². The van der Waals surface area contributed by atoms with Crippen LogP contribution < -0.4 is 0 Å². The van der Waals surface area contributed by atoms with Crippen LogP contribution in [0.25, 0.3) is 0 Å². The molecule has 1 N–H and O–H groups in total. The van der Waals surface area contributed by atoms with E-state index in [-0.39, 0.29) is 11.8 Å². The van der Waals surface area contributed by atoms with E-state index in [0.29, 0.717) is 25.9 Å². The molecule has 20 heavy (non-hydrogen) atoms. The molecule has 0 saturated heterocycles. The smallest absolute Gasteiger partial charge is 0.307 e. The minimum Gasteiger partial charge on any atom is -0.481 e. The Hall–Kier alpha value is -1.36. The van der Waals surface area contributed by atoms with Crippen molar-refractivity contribution in [2.75, 3.05) is 6.54 Å². The van der Waals surface area contributed by atoms with Crippen molar-refractivity contribution in [2.45, 2.75) is 39.2 Å². The summed E-state index contributed by atoms with van der Waals surface area (Å²) in [4.78, 5) is 26.9. The van der Waals surface area contributed by atoms with Crippen molar-refractivity contribution < 1.29 is 14.7 Å². The molecule has 1 aromatic rings. The summed E-state index contributed by atoms with van der Waals surface area (Å²) in [7, 11) is 0. The van der Waals surface area contributed by atoms with Crippen LogP contribution in [0.3, 0.4) is 0 Å². The third kappa shape index (κ3) is 3.39. The van der Waals surface area contributed by atoms with Gasteiger partial charge in [0.2, 0.25) is 5.91 Å². The van der Waals surface area contributed by atoms with Gasteiger partial charge in [0.1, 0.15) is 0 Å². The highest BCUT2D eigenvalue weighted by molar-refractivity contribution is 7.09. The number of carboxylic acid groups (broad SMARTS) is 1. The molecular weight excluding hydrogens is 274 g/mol. The van der Waals surface area contributed by atoms with E-state index < -0.39 is 11.9 Å². The monoisotopic (exact) mass is 295 g/mol. The average Bonchev–Trinajstić information content (AvgIpc) is 2.97. The Bertz CT molecular complexity index is 458. The number of carbonyl (C=O) groups is 2. The van der Waals surface area contributed by atoms with Crippen molar-refractivity contribution in [3.63, 3.8) is 0 Å². The molecule has 1 aliphatic carbocycles. The summed E-state index contributed by atoms with van der Waals surface area (Å²) in [5.41, 5.74) is 0. The van der Waals surface area contributed by atoms with Crippen molar-refractivity contribution in [2.24, 2.45) is 11.8 Å². The molecule has 1 aromatic heterocycles. The van der Waals surface area contributed by atoms with Crippen LogP contribution in [0, 0.1) is 11.8 Å². The van der Waals surface area contributed by atoms with Crippen molar-refractivity contribution in [1.29, 1.82) is 0 Å². The minimum atomic E-state index is -0.824. The lowest BCUT2D eigenvalue weighted by Gasteiger charge is -2.32. The van der Waals surface area contributed by atoms with Gasteiger partial charge in [-0.2, -0.15) is 0 Å². The van der Waals surface area contributed by atoms with Crippen LogP contribution in [-0.4, -0.2) is 28.4 Å². The number of aliphatic carboxylic acids is 1. The summed E-state index contributed by atoms with van der Waals surface area (Å²) < 4.78 is 0. The van der Waals surface area contributed by atoms with Gasteiger partial charge in [-0.1, -0.05) is 18.9 Å². The number of rotatable bonds is 5. The molecule has 2 rings (SSSR count). The number of carboxylic acids is 1. The fraction of sp³-hybridized carbons (Fsp3) is 0.600. The first kappa shape index (κ1) is 15.0. The summed E-state index contributed by atoms with van der Waals surface area (Å²) in [6, 6.07) is 3.98. The Morgan fingerprint density at radius 1 is 1.35 bits per heavy atom. The Morgan fingerprint density at radius 2 is 2.05 bits per heavy atom. The first-order valence-corrected chi connectivity index (χ1v) is 8.05. The zero-order valence-electron chi connectivity index (χ0n) is 11.7. The number of hydrogen-bond donors (Lipinski definition) is 1. The van der Waals surface area contributed by atoms with Crippen molar-refractivity contribution in [3.8, 4) is 0 Å². The summed E-state index contributed by atoms with van der Waals surface area (Å²) in [5.74, 6) is -1.67. The molecule has 0 radical (unpaired) electrons. The van der Waals surface area contributed by atoms with Crippen molar-refractivity contribution in [1.82, 2.24) is 4.90 Å². The third-order valence-electron chi connectivity index (χ3n) is 4.02. The van der Waals surface area contributed by atoms with Gasteiger partial charge >= 0.3 is 5.97 Å². The van der Waals surface area contributed by atoms with E-state index in [2.05, 4.69) is 0 Å². The largest absolute Gasteiger partial charge is 0.481 e. The predicted molar refractivity (Wildman–Crippen MR) is 78.5 cm³/mol. The van der Waals surface area contributed by atoms with Gasteiger partial charge in [-0.3, -0.25) is 9.59 Å². The standard InChI is InChI=1S/C15H21NO3S/c1-2-16(10-11-6-5-9-20-11)14(17)12-7-3-4-8-13(12)15(18)19/h5-6,9,12-13H,2-4,7-8,10H2,1H3,(H,18,19)/t12-,13+/m1/s1. The fourth-order valence-corrected chi connectivity index (χ4v) is 3.61.